The number of nitrogens with one attached hydrogen (secondary N) is 1. The molecule has 1 amide bonds. The molecule has 0 atom stereocenters. The molecule has 2 rings (SSSR count). The number of benzene rings is 2. The molecular weight excluding hydrogens is 278 g/mol. The van der Waals surface area contributed by atoms with E-state index in [2.05, 4.69) is 12.2 Å². The van der Waals surface area contributed by atoms with E-state index >= 15 is 0 Å². The van der Waals surface area contributed by atoms with Crippen LogP contribution in [0.5, 0.6) is 11.5 Å². The molecule has 0 heterocycles. The van der Waals surface area contributed by atoms with E-state index in [1.54, 1.807) is 7.11 Å². The van der Waals surface area contributed by atoms with E-state index in [1.807, 2.05) is 49.4 Å². The highest BCUT2D eigenvalue weighted by Crippen LogP contribution is 2.25. The van der Waals surface area contributed by atoms with E-state index in [0.29, 0.717) is 11.4 Å². The second-order valence-electron chi connectivity index (χ2n) is 5.00. The average Bonchev–Trinajstić information content (AvgIpc) is 2.53. The molecule has 0 spiro atoms. The zero-order valence-corrected chi connectivity index (χ0v) is 13.2. The van der Waals surface area contributed by atoms with Gasteiger partial charge in [0.1, 0.15) is 11.5 Å². The van der Waals surface area contributed by atoms with Crippen molar-refractivity contribution < 1.29 is 14.3 Å². The Labute approximate surface area is 131 Å². The molecule has 2 aromatic rings. The Morgan fingerprint density at radius 1 is 1.14 bits per heavy atom. The fraction of sp³-hybridized carbons (Fsp3) is 0.278. The molecule has 0 aliphatic carbocycles. The second-order valence-corrected chi connectivity index (χ2v) is 5.00. The highest BCUT2D eigenvalue weighted by atomic mass is 16.5. The summed E-state index contributed by atoms with van der Waals surface area (Å²) in [6, 6.07) is 13.4. The van der Waals surface area contributed by atoms with Crippen LogP contribution in [0.15, 0.2) is 42.5 Å². The number of carbonyl (C=O) groups excluding carboxylic acids is 1. The SMILES string of the molecule is CCc1ccccc1OCC(=O)Nc1cc(C)ccc1OC. The standard InChI is InChI=1S/C18H21NO3/c1-4-14-7-5-6-8-16(14)22-12-18(20)19-15-11-13(2)9-10-17(15)21-3/h5-11H,4,12H2,1-3H3,(H,19,20). The van der Waals surface area contributed by atoms with Gasteiger partial charge in [0, 0.05) is 0 Å². The second kappa shape index (κ2) is 7.50. The summed E-state index contributed by atoms with van der Waals surface area (Å²) < 4.78 is 10.9. The number of anilines is 1. The van der Waals surface area contributed by atoms with Crippen LogP contribution in [0.4, 0.5) is 5.69 Å². The van der Waals surface area contributed by atoms with Gasteiger partial charge >= 0.3 is 0 Å². The first-order valence-corrected chi connectivity index (χ1v) is 7.29. The number of carbonyl (C=O) groups is 1. The summed E-state index contributed by atoms with van der Waals surface area (Å²) in [5.41, 5.74) is 2.79. The average molecular weight is 299 g/mol. The van der Waals surface area contributed by atoms with Crippen LogP contribution < -0.4 is 14.8 Å². The number of hydrogen-bond acceptors (Lipinski definition) is 3. The van der Waals surface area contributed by atoms with Gasteiger partial charge in [-0.15, -0.1) is 0 Å². The van der Waals surface area contributed by atoms with Crippen LogP contribution in [0, 0.1) is 6.92 Å². The summed E-state index contributed by atoms with van der Waals surface area (Å²) in [7, 11) is 1.58. The Balaban J connectivity index is 2.00. The van der Waals surface area contributed by atoms with Crippen molar-refractivity contribution in [3.8, 4) is 11.5 Å². The minimum atomic E-state index is -0.213. The Morgan fingerprint density at radius 2 is 1.91 bits per heavy atom. The van der Waals surface area contributed by atoms with E-state index in [1.165, 1.54) is 0 Å². The summed E-state index contributed by atoms with van der Waals surface area (Å²) in [6.45, 7) is 3.98. The van der Waals surface area contributed by atoms with Gasteiger partial charge in [0.25, 0.3) is 5.91 Å². The fourth-order valence-corrected chi connectivity index (χ4v) is 2.19. The zero-order valence-electron chi connectivity index (χ0n) is 13.2. The van der Waals surface area contributed by atoms with Gasteiger partial charge in [-0.25, -0.2) is 0 Å². The maximum atomic E-state index is 12.1. The Hall–Kier alpha value is -2.49. The largest absolute Gasteiger partial charge is 0.495 e. The zero-order chi connectivity index (χ0) is 15.9. The van der Waals surface area contributed by atoms with Crippen LogP contribution in [0.1, 0.15) is 18.1 Å². The molecule has 0 saturated heterocycles. The third kappa shape index (κ3) is 4.01. The van der Waals surface area contributed by atoms with Gasteiger partial charge in [-0.2, -0.15) is 0 Å². The number of ether oxygens (including phenoxy) is 2. The van der Waals surface area contributed by atoms with Crippen LogP contribution >= 0.6 is 0 Å². The normalized spacial score (nSPS) is 10.1. The minimum absolute atomic E-state index is 0.0336. The lowest BCUT2D eigenvalue weighted by Gasteiger charge is -2.13. The summed E-state index contributed by atoms with van der Waals surface area (Å²) in [6.07, 6.45) is 0.865. The van der Waals surface area contributed by atoms with Gasteiger partial charge in [0.15, 0.2) is 6.61 Å². The molecule has 0 radical (unpaired) electrons. The number of methoxy groups -OCH3 is 1. The third-order valence-electron chi connectivity index (χ3n) is 3.34. The minimum Gasteiger partial charge on any atom is -0.495 e. The van der Waals surface area contributed by atoms with Gasteiger partial charge in [0.2, 0.25) is 0 Å². The van der Waals surface area contributed by atoms with E-state index in [4.69, 9.17) is 9.47 Å². The quantitative estimate of drug-likeness (QED) is 0.887. The lowest BCUT2D eigenvalue weighted by atomic mass is 10.1. The van der Waals surface area contributed by atoms with Crippen molar-refractivity contribution in [3.05, 3.63) is 53.6 Å². The van der Waals surface area contributed by atoms with E-state index in [-0.39, 0.29) is 12.5 Å². The monoisotopic (exact) mass is 299 g/mol. The van der Waals surface area contributed by atoms with Crippen molar-refractivity contribution in [2.45, 2.75) is 20.3 Å². The number of para-hydroxylation sites is 1. The summed E-state index contributed by atoms with van der Waals surface area (Å²) in [5.74, 6) is 1.17. The van der Waals surface area contributed by atoms with Crippen molar-refractivity contribution in [1.82, 2.24) is 0 Å². The molecule has 0 aliphatic heterocycles. The van der Waals surface area contributed by atoms with E-state index < -0.39 is 0 Å². The number of amides is 1. The first kappa shape index (κ1) is 15.9. The molecule has 0 aliphatic rings. The maximum absolute atomic E-state index is 12.1. The van der Waals surface area contributed by atoms with E-state index in [0.717, 1.165) is 23.3 Å². The molecule has 0 bridgehead atoms. The molecule has 0 unspecified atom stereocenters. The number of hydrogen-bond donors (Lipinski definition) is 1. The van der Waals surface area contributed by atoms with Crippen molar-refractivity contribution >= 4 is 11.6 Å². The first-order valence-electron chi connectivity index (χ1n) is 7.29. The lowest BCUT2D eigenvalue weighted by molar-refractivity contribution is -0.118. The van der Waals surface area contributed by atoms with Gasteiger partial charge in [-0.05, 0) is 42.7 Å². The molecule has 4 nitrogen and oxygen atoms in total. The predicted molar refractivity (Wildman–Crippen MR) is 87.7 cm³/mol. The molecule has 22 heavy (non-hydrogen) atoms. The number of aryl methyl sites for hydroxylation is 2. The van der Waals surface area contributed by atoms with Crippen molar-refractivity contribution in [1.29, 1.82) is 0 Å². The van der Waals surface area contributed by atoms with Crippen LogP contribution in [-0.4, -0.2) is 19.6 Å². The van der Waals surface area contributed by atoms with Crippen LogP contribution in [0.25, 0.3) is 0 Å². The van der Waals surface area contributed by atoms with Crippen LogP contribution in [-0.2, 0) is 11.2 Å². The molecular formula is C18H21NO3. The Morgan fingerprint density at radius 3 is 2.64 bits per heavy atom. The van der Waals surface area contributed by atoms with Crippen LogP contribution in [0.3, 0.4) is 0 Å². The van der Waals surface area contributed by atoms with Crippen molar-refractivity contribution in [2.75, 3.05) is 19.0 Å². The molecule has 0 fully saturated rings. The molecule has 4 heteroatoms. The van der Waals surface area contributed by atoms with Crippen molar-refractivity contribution in [2.24, 2.45) is 0 Å². The highest BCUT2D eigenvalue weighted by Gasteiger charge is 2.09. The predicted octanol–water partition coefficient (Wildman–Crippen LogP) is 3.58. The molecule has 1 N–H and O–H groups in total. The highest BCUT2D eigenvalue weighted by molar-refractivity contribution is 5.93. The Kier molecular flexibility index (Phi) is 5.42. The third-order valence-corrected chi connectivity index (χ3v) is 3.34. The van der Waals surface area contributed by atoms with Gasteiger partial charge in [-0.3, -0.25) is 4.79 Å². The molecule has 0 aromatic heterocycles. The molecule has 0 saturated carbocycles. The molecule has 116 valence electrons. The lowest BCUT2D eigenvalue weighted by Crippen LogP contribution is -2.21. The summed E-state index contributed by atoms with van der Waals surface area (Å²) >= 11 is 0. The van der Waals surface area contributed by atoms with Crippen LogP contribution in [0.2, 0.25) is 0 Å². The fourth-order valence-electron chi connectivity index (χ4n) is 2.19. The van der Waals surface area contributed by atoms with E-state index in [9.17, 15) is 4.79 Å². The van der Waals surface area contributed by atoms with Gasteiger partial charge in [0.05, 0.1) is 12.8 Å². The van der Waals surface area contributed by atoms with Crippen molar-refractivity contribution in [3.63, 3.8) is 0 Å². The first-order chi connectivity index (χ1) is 10.6. The summed E-state index contributed by atoms with van der Waals surface area (Å²) in [5, 5.41) is 2.82. The van der Waals surface area contributed by atoms with Gasteiger partial charge in [-0.1, -0.05) is 31.2 Å². The smallest absolute Gasteiger partial charge is 0.262 e. The number of rotatable bonds is 6. The Bertz CT molecular complexity index is 653. The molecule has 2 aromatic carbocycles. The summed E-state index contributed by atoms with van der Waals surface area (Å²) in [4.78, 5) is 12.1. The van der Waals surface area contributed by atoms with Gasteiger partial charge < -0.3 is 14.8 Å². The maximum Gasteiger partial charge on any atom is 0.262 e. The topological polar surface area (TPSA) is 47.6 Å².